The average molecular weight is 344 g/mol. The van der Waals surface area contributed by atoms with Crippen LogP contribution in [0.15, 0.2) is 30.5 Å². The Bertz CT molecular complexity index is 853. The van der Waals surface area contributed by atoms with Crippen LogP contribution in [0.3, 0.4) is 0 Å². The van der Waals surface area contributed by atoms with E-state index in [1.165, 1.54) is 11.3 Å². The van der Waals surface area contributed by atoms with Crippen molar-refractivity contribution in [3.05, 3.63) is 41.0 Å². The predicted molar refractivity (Wildman–Crippen MR) is 95.3 cm³/mol. The molecule has 0 bridgehead atoms. The number of anilines is 1. The van der Waals surface area contributed by atoms with Gasteiger partial charge in [0.25, 0.3) is 0 Å². The van der Waals surface area contributed by atoms with Crippen LogP contribution in [0.1, 0.15) is 30.5 Å². The summed E-state index contributed by atoms with van der Waals surface area (Å²) < 4.78 is 7.20. The van der Waals surface area contributed by atoms with Crippen molar-refractivity contribution in [2.24, 2.45) is 0 Å². The molecule has 0 aliphatic carbocycles. The number of benzene rings is 1. The van der Waals surface area contributed by atoms with Crippen molar-refractivity contribution in [3.63, 3.8) is 0 Å². The molecule has 0 saturated carbocycles. The van der Waals surface area contributed by atoms with Crippen molar-refractivity contribution in [3.8, 4) is 0 Å². The average Bonchev–Trinajstić information content (AvgIpc) is 3.13. The summed E-state index contributed by atoms with van der Waals surface area (Å²) in [6.07, 6.45) is 2.37. The highest BCUT2D eigenvalue weighted by atomic mass is 32.1. The molecule has 3 aromatic rings. The first-order valence-electron chi connectivity index (χ1n) is 7.78. The fraction of sp³-hybridized carbons (Fsp3) is 0.353. The van der Waals surface area contributed by atoms with E-state index in [2.05, 4.69) is 52.3 Å². The minimum absolute atomic E-state index is 0.0956. The predicted octanol–water partition coefficient (Wildman–Crippen LogP) is 3.40. The molecule has 2 heterocycles. The summed E-state index contributed by atoms with van der Waals surface area (Å²) in [5, 5.41) is 13.1. The van der Waals surface area contributed by atoms with Gasteiger partial charge in [0.2, 0.25) is 11.0 Å². The number of hydrogen-bond acceptors (Lipinski definition) is 5. The van der Waals surface area contributed by atoms with Crippen molar-refractivity contribution in [2.45, 2.75) is 32.9 Å². The minimum atomic E-state index is -0.0956. The summed E-state index contributed by atoms with van der Waals surface area (Å²) in [6.45, 7) is 4.67. The van der Waals surface area contributed by atoms with E-state index in [-0.39, 0.29) is 5.91 Å². The second kappa shape index (κ2) is 7.11. The SMILES string of the molecule is COCc1nnc(NC(=O)Cc2cn(C(C)C)c3ccccc23)s1. The largest absolute Gasteiger partial charge is 0.377 e. The number of nitrogens with zero attached hydrogens (tertiary/aromatic N) is 3. The van der Waals surface area contributed by atoms with Crippen molar-refractivity contribution in [1.82, 2.24) is 14.8 Å². The topological polar surface area (TPSA) is 69.0 Å². The van der Waals surface area contributed by atoms with E-state index in [4.69, 9.17) is 4.74 Å². The van der Waals surface area contributed by atoms with Gasteiger partial charge in [-0.3, -0.25) is 4.79 Å². The molecule has 6 nitrogen and oxygen atoms in total. The molecule has 126 valence electrons. The lowest BCUT2D eigenvalue weighted by atomic mass is 10.1. The first kappa shape index (κ1) is 16.6. The maximum atomic E-state index is 12.4. The first-order valence-corrected chi connectivity index (χ1v) is 8.59. The van der Waals surface area contributed by atoms with Gasteiger partial charge in [0.15, 0.2) is 0 Å². The molecule has 3 rings (SSSR count). The molecule has 24 heavy (non-hydrogen) atoms. The Kier molecular flexibility index (Phi) is 4.92. The van der Waals surface area contributed by atoms with Gasteiger partial charge in [-0.1, -0.05) is 29.5 Å². The van der Waals surface area contributed by atoms with Gasteiger partial charge >= 0.3 is 0 Å². The summed E-state index contributed by atoms with van der Waals surface area (Å²) in [6, 6.07) is 8.49. The van der Waals surface area contributed by atoms with Crippen LogP contribution >= 0.6 is 11.3 Å². The molecule has 1 amide bonds. The van der Waals surface area contributed by atoms with Gasteiger partial charge in [-0.25, -0.2) is 0 Å². The maximum Gasteiger partial charge on any atom is 0.230 e. The quantitative estimate of drug-likeness (QED) is 0.744. The molecule has 0 atom stereocenters. The van der Waals surface area contributed by atoms with Gasteiger partial charge in [0.1, 0.15) is 11.6 Å². The van der Waals surface area contributed by atoms with E-state index < -0.39 is 0 Å². The number of carbonyl (C=O) groups excluding carboxylic acids is 1. The number of methoxy groups -OCH3 is 1. The lowest BCUT2D eigenvalue weighted by Gasteiger charge is -2.08. The van der Waals surface area contributed by atoms with Crippen LogP contribution in [0.25, 0.3) is 10.9 Å². The normalized spacial score (nSPS) is 11.3. The van der Waals surface area contributed by atoms with Crippen molar-refractivity contribution in [1.29, 1.82) is 0 Å². The number of hydrogen-bond donors (Lipinski definition) is 1. The molecule has 1 N–H and O–H groups in total. The van der Waals surface area contributed by atoms with Crippen LogP contribution in [0.4, 0.5) is 5.13 Å². The summed E-state index contributed by atoms with van der Waals surface area (Å²) >= 11 is 1.33. The van der Waals surface area contributed by atoms with Gasteiger partial charge < -0.3 is 14.6 Å². The number of amides is 1. The highest BCUT2D eigenvalue weighted by molar-refractivity contribution is 7.15. The van der Waals surface area contributed by atoms with Gasteiger partial charge in [0, 0.05) is 30.3 Å². The van der Waals surface area contributed by atoms with Crippen LogP contribution < -0.4 is 5.32 Å². The molecule has 7 heteroatoms. The number of nitrogens with one attached hydrogen (secondary N) is 1. The van der Waals surface area contributed by atoms with Gasteiger partial charge in [-0.15, -0.1) is 10.2 Å². The van der Waals surface area contributed by atoms with Crippen LogP contribution in [0.5, 0.6) is 0 Å². The van der Waals surface area contributed by atoms with Crippen molar-refractivity contribution >= 4 is 33.3 Å². The minimum Gasteiger partial charge on any atom is -0.377 e. The maximum absolute atomic E-state index is 12.4. The summed E-state index contributed by atoms with van der Waals surface area (Å²) in [5.41, 5.74) is 2.16. The zero-order valence-corrected chi connectivity index (χ0v) is 14.8. The number of carbonyl (C=O) groups is 1. The molecule has 0 saturated heterocycles. The number of fused-ring (bicyclic) bond motifs is 1. The Morgan fingerprint density at radius 3 is 2.88 bits per heavy atom. The van der Waals surface area contributed by atoms with E-state index in [1.54, 1.807) is 7.11 Å². The monoisotopic (exact) mass is 344 g/mol. The molecular formula is C17H20N4O2S. The molecule has 0 unspecified atom stereocenters. The molecule has 0 spiro atoms. The lowest BCUT2D eigenvalue weighted by molar-refractivity contribution is -0.115. The highest BCUT2D eigenvalue weighted by Crippen LogP contribution is 2.25. The zero-order chi connectivity index (χ0) is 17.1. The fourth-order valence-electron chi connectivity index (χ4n) is 2.67. The third-order valence-electron chi connectivity index (χ3n) is 3.71. The lowest BCUT2D eigenvalue weighted by Crippen LogP contribution is -2.14. The molecule has 0 radical (unpaired) electrons. The Labute approximate surface area is 144 Å². The van der Waals surface area contributed by atoms with E-state index in [9.17, 15) is 4.79 Å². The summed E-state index contributed by atoms with van der Waals surface area (Å²) in [7, 11) is 1.60. The molecular weight excluding hydrogens is 324 g/mol. The number of aromatic nitrogens is 3. The molecule has 2 aromatic heterocycles. The second-order valence-corrected chi connectivity index (χ2v) is 6.89. The Hall–Kier alpha value is -2.25. The standard InChI is InChI=1S/C17H20N4O2S/c1-11(2)21-9-12(13-6-4-5-7-14(13)21)8-15(22)18-17-20-19-16(24-17)10-23-3/h4-7,9,11H,8,10H2,1-3H3,(H,18,20,22). The van der Waals surface area contributed by atoms with E-state index in [0.29, 0.717) is 24.2 Å². The van der Waals surface area contributed by atoms with Crippen LogP contribution in [0.2, 0.25) is 0 Å². The summed E-state index contributed by atoms with van der Waals surface area (Å²) in [4.78, 5) is 12.4. The van der Waals surface area contributed by atoms with E-state index in [0.717, 1.165) is 21.5 Å². The smallest absolute Gasteiger partial charge is 0.230 e. The molecule has 0 aliphatic rings. The molecule has 1 aromatic carbocycles. The molecule has 0 fully saturated rings. The van der Waals surface area contributed by atoms with Crippen LogP contribution in [0, 0.1) is 0 Å². The Morgan fingerprint density at radius 1 is 1.33 bits per heavy atom. The Morgan fingerprint density at radius 2 is 2.12 bits per heavy atom. The second-order valence-electron chi connectivity index (χ2n) is 5.83. The number of para-hydroxylation sites is 1. The third-order valence-corrected chi connectivity index (χ3v) is 4.52. The van der Waals surface area contributed by atoms with E-state index in [1.807, 2.05) is 12.1 Å². The third kappa shape index (κ3) is 3.47. The van der Waals surface area contributed by atoms with Crippen molar-refractivity contribution in [2.75, 3.05) is 12.4 Å². The highest BCUT2D eigenvalue weighted by Gasteiger charge is 2.14. The number of ether oxygens (including phenoxy) is 1. The van der Waals surface area contributed by atoms with Crippen molar-refractivity contribution < 1.29 is 9.53 Å². The van der Waals surface area contributed by atoms with Crippen LogP contribution in [-0.2, 0) is 22.6 Å². The molecule has 0 aliphatic heterocycles. The first-order chi connectivity index (χ1) is 11.6. The van der Waals surface area contributed by atoms with E-state index >= 15 is 0 Å². The fourth-order valence-corrected chi connectivity index (χ4v) is 3.40. The van der Waals surface area contributed by atoms with Crippen LogP contribution in [-0.4, -0.2) is 27.8 Å². The van der Waals surface area contributed by atoms with Gasteiger partial charge in [-0.2, -0.15) is 0 Å². The zero-order valence-electron chi connectivity index (χ0n) is 13.9. The van der Waals surface area contributed by atoms with Gasteiger partial charge in [0.05, 0.1) is 6.42 Å². The summed E-state index contributed by atoms with van der Waals surface area (Å²) in [5.74, 6) is -0.0956. The Balaban J connectivity index is 1.77. The van der Waals surface area contributed by atoms with Gasteiger partial charge in [-0.05, 0) is 25.5 Å². The number of rotatable bonds is 6.